The van der Waals surface area contributed by atoms with Crippen molar-refractivity contribution in [1.82, 2.24) is 9.88 Å². The van der Waals surface area contributed by atoms with Gasteiger partial charge in [-0.15, -0.1) is 0 Å². The van der Waals surface area contributed by atoms with Crippen molar-refractivity contribution in [2.75, 3.05) is 18.4 Å². The second kappa shape index (κ2) is 7.44. The molecular weight excluding hydrogens is 334 g/mol. The highest BCUT2D eigenvalue weighted by atomic mass is 35.5. The number of likely N-dealkylation sites (tertiary alicyclic amines) is 1. The van der Waals surface area contributed by atoms with Crippen LogP contribution in [0.4, 0.5) is 11.4 Å². The summed E-state index contributed by atoms with van der Waals surface area (Å²) in [6, 6.07) is 7.67. The second-order valence-electron chi connectivity index (χ2n) is 6.99. The zero-order valence-electron chi connectivity index (χ0n) is 15.0. The highest BCUT2D eigenvalue weighted by molar-refractivity contribution is 6.33. The van der Waals surface area contributed by atoms with Gasteiger partial charge in [0.2, 0.25) is 0 Å². The van der Waals surface area contributed by atoms with E-state index in [0.29, 0.717) is 16.6 Å². The number of anilines is 2. The summed E-state index contributed by atoms with van der Waals surface area (Å²) >= 11 is 6.34. The molecule has 25 heavy (non-hydrogen) atoms. The van der Waals surface area contributed by atoms with Crippen LogP contribution in [0.1, 0.15) is 41.4 Å². The summed E-state index contributed by atoms with van der Waals surface area (Å²) in [5.41, 5.74) is 4.39. The molecule has 1 aliphatic rings. The van der Waals surface area contributed by atoms with Gasteiger partial charge < -0.3 is 10.2 Å². The third-order valence-electron chi connectivity index (χ3n) is 4.63. The number of hydrogen-bond donors (Lipinski definition) is 1. The molecule has 5 heteroatoms. The predicted octanol–water partition coefficient (Wildman–Crippen LogP) is 4.97. The van der Waals surface area contributed by atoms with Crippen LogP contribution in [0.15, 0.2) is 30.5 Å². The summed E-state index contributed by atoms with van der Waals surface area (Å²) in [7, 11) is 0. The lowest BCUT2D eigenvalue weighted by Gasteiger charge is -2.30. The lowest BCUT2D eigenvalue weighted by molar-refractivity contribution is 0.0677. The van der Waals surface area contributed by atoms with Crippen LogP contribution < -0.4 is 5.32 Å². The quantitative estimate of drug-likeness (QED) is 0.843. The van der Waals surface area contributed by atoms with E-state index in [2.05, 4.69) is 23.3 Å². The molecule has 0 bridgehead atoms. The van der Waals surface area contributed by atoms with Gasteiger partial charge in [-0.1, -0.05) is 24.6 Å². The maximum atomic E-state index is 12.6. The number of hydrogen-bond acceptors (Lipinski definition) is 3. The lowest BCUT2D eigenvalue weighted by atomic mass is 10.00. The monoisotopic (exact) mass is 357 g/mol. The molecule has 0 saturated carbocycles. The zero-order valence-corrected chi connectivity index (χ0v) is 15.7. The summed E-state index contributed by atoms with van der Waals surface area (Å²) in [6.45, 7) is 7.87. The van der Waals surface area contributed by atoms with E-state index in [4.69, 9.17) is 11.6 Å². The number of aromatic nitrogens is 1. The van der Waals surface area contributed by atoms with Gasteiger partial charge in [-0.25, -0.2) is 4.98 Å². The fourth-order valence-electron chi connectivity index (χ4n) is 3.35. The molecular formula is C20H24ClN3O. The van der Waals surface area contributed by atoms with Gasteiger partial charge in [0.1, 0.15) is 5.69 Å². The van der Waals surface area contributed by atoms with E-state index >= 15 is 0 Å². The van der Waals surface area contributed by atoms with Gasteiger partial charge in [0.15, 0.2) is 0 Å². The SMILES string of the molecule is Cc1cc(C)c(Nc2ccc(C(=O)N3CCCC(C)C3)nc2)c(Cl)c1. The van der Waals surface area contributed by atoms with E-state index in [1.165, 1.54) is 6.42 Å². The highest BCUT2D eigenvalue weighted by Gasteiger charge is 2.22. The van der Waals surface area contributed by atoms with E-state index in [0.717, 1.165) is 42.0 Å². The topological polar surface area (TPSA) is 45.2 Å². The van der Waals surface area contributed by atoms with Crippen LogP contribution >= 0.6 is 11.6 Å². The largest absolute Gasteiger partial charge is 0.353 e. The van der Waals surface area contributed by atoms with Crippen molar-refractivity contribution in [3.8, 4) is 0 Å². The first-order valence-corrected chi connectivity index (χ1v) is 9.11. The minimum atomic E-state index is 0.0163. The van der Waals surface area contributed by atoms with Gasteiger partial charge in [-0.3, -0.25) is 4.79 Å². The maximum absolute atomic E-state index is 12.6. The van der Waals surface area contributed by atoms with Crippen molar-refractivity contribution < 1.29 is 4.79 Å². The van der Waals surface area contributed by atoms with Gasteiger partial charge >= 0.3 is 0 Å². The molecule has 1 aliphatic heterocycles. The van der Waals surface area contributed by atoms with Crippen LogP contribution in [0.25, 0.3) is 0 Å². The Morgan fingerprint density at radius 3 is 2.76 bits per heavy atom. The molecule has 0 spiro atoms. The smallest absolute Gasteiger partial charge is 0.272 e. The normalized spacial score (nSPS) is 17.4. The molecule has 2 aromatic rings. The Kier molecular flexibility index (Phi) is 5.28. The van der Waals surface area contributed by atoms with E-state index in [-0.39, 0.29) is 5.91 Å². The number of nitrogens with zero attached hydrogens (tertiary/aromatic N) is 2. The van der Waals surface area contributed by atoms with Crippen LogP contribution in [0.5, 0.6) is 0 Å². The minimum absolute atomic E-state index is 0.0163. The summed E-state index contributed by atoms with van der Waals surface area (Å²) in [6.07, 6.45) is 3.95. The first-order valence-electron chi connectivity index (χ1n) is 8.73. The first kappa shape index (κ1) is 17.7. The third-order valence-corrected chi connectivity index (χ3v) is 4.93. The molecule has 1 amide bonds. The van der Waals surface area contributed by atoms with Crippen LogP contribution in [0, 0.1) is 19.8 Å². The summed E-state index contributed by atoms with van der Waals surface area (Å²) < 4.78 is 0. The number of halogens is 1. The average Bonchev–Trinajstić information content (AvgIpc) is 2.58. The van der Waals surface area contributed by atoms with E-state index in [1.54, 1.807) is 12.3 Å². The fourth-order valence-corrected chi connectivity index (χ4v) is 3.72. The van der Waals surface area contributed by atoms with Crippen molar-refractivity contribution in [3.63, 3.8) is 0 Å². The van der Waals surface area contributed by atoms with Crippen LogP contribution in [0.3, 0.4) is 0 Å². The van der Waals surface area contributed by atoms with Gasteiger partial charge in [-0.05, 0) is 61.9 Å². The number of piperidine rings is 1. The molecule has 1 atom stereocenters. The number of nitrogens with one attached hydrogen (secondary N) is 1. The Morgan fingerprint density at radius 2 is 2.12 bits per heavy atom. The number of carbonyl (C=O) groups excluding carboxylic acids is 1. The van der Waals surface area contributed by atoms with Crippen molar-refractivity contribution in [1.29, 1.82) is 0 Å². The second-order valence-corrected chi connectivity index (χ2v) is 7.40. The lowest BCUT2D eigenvalue weighted by Crippen LogP contribution is -2.39. The Balaban J connectivity index is 1.73. The van der Waals surface area contributed by atoms with E-state index < -0.39 is 0 Å². The number of amides is 1. The number of benzene rings is 1. The van der Waals surface area contributed by atoms with Crippen molar-refractivity contribution >= 4 is 28.9 Å². The van der Waals surface area contributed by atoms with Crippen LogP contribution in [0.2, 0.25) is 5.02 Å². The molecule has 2 heterocycles. The molecule has 0 aliphatic carbocycles. The molecule has 0 radical (unpaired) electrons. The molecule has 4 nitrogen and oxygen atoms in total. The van der Waals surface area contributed by atoms with Gasteiger partial charge in [-0.2, -0.15) is 0 Å². The van der Waals surface area contributed by atoms with Gasteiger partial charge in [0.25, 0.3) is 5.91 Å². The Hall–Kier alpha value is -2.07. The van der Waals surface area contributed by atoms with Crippen molar-refractivity contribution in [3.05, 3.63) is 52.3 Å². The summed E-state index contributed by atoms with van der Waals surface area (Å²) in [5.74, 6) is 0.577. The average molecular weight is 358 g/mol. The summed E-state index contributed by atoms with van der Waals surface area (Å²) in [4.78, 5) is 18.8. The molecule has 1 N–H and O–H groups in total. The van der Waals surface area contributed by atoms with Gasteiger partial charge in [0.05, 0.1) is 22.6 Å². The molecule has 1 aromatic carbocycles. The molecule has 3 rings (SSSR count). The Bertz CT molecular complexity index is 750. The Labute approximate surface area is 154 Å². The van der Waals surface area contributed by atoms with Crippen LogP contribution in [-0.4, -0.2) is 28.9 Å². The number of pyridine rings is 1. The standard InChI is InChI=1S/C20H24ClN3O/c1-13-5-4-8-24(12-13)20(25)18-7-6-16(11-22-18)23-19-15(3)9-14(2)10-17(19)21/h6-7,9-11,13,23H,4-5,8,12H2,1-3H3. The van der Waals surface area contributed by atoms with Gasteiger partial charge in [0, 0.05) is 13.1 Å². The van der Waals surface area contributed by atoms with Crippen molar-refractivity contribution in [2.24, 2.45) is 5.92 Å². The highest BCUT2D eigenvalue weighted by Crippen LogP contribution is 2.30. The number of rotatable bonds is 3. The maximum Gasteiger partial charge on any atom is 0.272 e. The van der Waals surface area contributed by atoms with E-state index in [9.17, 15) is 4.79 Å². The molecule has 1 aromatic heterocycles. The fraction of sp³-hybridized carbons (Fsp3) is 0.400. The predicted molar refractivity (Wildman–Crippen MR) is 103 cm³/mol. The first-order chi connectivity index (χ1) is 11.9. The molecule has 1 unspecified atom stereocenters. The number of carbonyl (C=O) groups is 1. The molecule has 1 saturated heterocycles. The van der Waals surface area contributed by atoms with Crippen LogP contribution in [-0.2, 0) is 0 Å². The number of aryl methyl sites for hydroxylation is 2. The minimum Gasteiger partial charge on any atom is -0.353 e. The summed E-state index contributed by atoms with van der Waals surface area (Å²) in [5, 5.41) is 3.98. The molecule has 1 fully saturated rings. The molecule has 132 valence electrons. The Morgan fingerprint density at radius 1 is 1.32 bits per heavy atom. The van der Waals surface area contributed by atoms with Crippen molar-refractivity contribution in [2.45, 2.75) is 33.6 Å². The zero-order chi connectivity index (χ0) is 18.0. The third kappa shape index (κ3) is 4.13. The van der Waals surface area contributed by atoms with E-state index in [1.807, 2.05) is 30.9 Å².